The molecule has 0 aromatic carbocycles. The predicted octanol–water partition coefficient (Wildman–Crippen LogP) is 1.65. The topological polar surface area (TPSA) is 59.8 Å². The molecule has 1 aliphatic carbocycles. The number of anilines is 1. The summed E-state index contributed by atoms with van der Waals surface area (Å²) in [6.45, 7) is 0.455. The van der Waals surface area contributed by atoms with Crippen molar-refractivity contribution in [2.45, 2.75) is 31.8 Å². The van der Waals surface area contributed by atoms with E-state index in [4.69, 9.17) is 0 Å². The third kappa shape index (κ3) is 2.81. The zero-order valence-corrected chi connectivity index (χ0v) is 10.6. The molecule has 98 valence electrons. The molecule has 0 atom stereocenters. The van der Waals surface area contributed by atoms with Crippen molar-refractivity contribution < 1.29 is 0 Å². The van der Waals surface area contributed by atoms with Crippen molar-refractivity contribution in [3.05, 3.63) is 52.7 Å². The van der Waals surface area contributed by atoms with E-state index in [1.54, 1.807) is 24.7 Å². The molecule has 1 aliphatic rings. The van der Waals surface area contributed by atoms with E-state index in [0.29, 0.717) is 12.6 Å². The molecule has 2 aromatic rings. The quantitative estimate of drug-likeness (QED) is 0.903. The molecule has 0 radical (unpaired) electrons. The van der Waals surface area contributed by atoms with Crippen LogP contribution in [0.3, 0.4) is 0 Å². The van der Waals surface area contributed by atoms with Gasteiger partial charge in [0.15, 0.2) is 0 Å². The van der Waals surface area contributed by atoms with Crippen LogP contribution in [0.15, 0.2) is 41.6 Å². The van der Waals surface area contributed by atoms with Gasteiger partial charge in [-0.3, -0.25) is 9.78 Å². The lowest BCUT2D eigenvalue weighted by Gasteiger charge is -2.27. The van der Waals surface area contributed by atoms with Crippen LogP contribution in [0.2, 0.25) is 0 Å². The van der Waals surface area contributed by atoms with Crippen LogP contribution in [0.5, 0.6) is 0 Å². The minimum absolute atomic E-state index is 0.0897. The van der Waals surface area contributed by atoms with Crippen molar-refractivity contribution in [3.63, 3.8) is 0 Å². The Kier molecular flexibility index (Phi) is 3.27. The van der Waals surface area contributed by atoms with E-state index < -0.39 is 0 Å². The van der Waals surface area contributed by atoms with Gasteiger partial charge in [-0.05, 0) is 30.9 Å². The summed E-state index contributed by atoms with van der Waals surface area (Å²) in [5.41, 5.74) is 1.70. The van der Waals surface area contributed by atoms with E-state index in [2.05, 4.69) is 15.4 Å². The van der Waals surface area contributed by atoms with Gasteiger partial charge in [-0.15, -0.1) is 0 Å². The minimum atomic E-state index is -0.0897. The van der Waals surface area contributed by atoms with Gasteiger partial charge in [-0.25, -0.2) is 4.68 Å². The van der Waals surface area contributed by atoms with E-state index in [1.165, 1.54) is 23.9 Å². The molecule has 0 bridgehead atoms. The smallest absolute Gasteiger partial charge is 0.269 e. The van der Waals surface area contributed by atoms with Crippen LogP contribution in [0.4, 0.5) is 5.69 Å². The Hall–Kier alpha value is -2.17. The third-order valence-electron chi connectivity index (χ3n) is 3.40. The number of hydrogen-bond donors (Lipinski definition) is 1. The second-order valence-corrected chi connectivity index (χ2v) is 4.87. The maximum absolute atomic E-state index is 12.0. The third-order valence-corrected chi connectivity index (χ3v) is 3.40. The van der Waals surface area contributed by atoms with Gasteiger partial charge in [0.2, 0.25) is 0 Å². The highest BCUT2D eigenvalue weighted by Gasteiger charge is 2.17. The molecule has 1 N–H and O–H groups in total. The Labute approximate surface area is 111 Å². The summed E-state index contributed by atoms with van der Waals surface area (Å²) < 4.78 is 1.45. The molecular formula is C14H16N4O. The lowest BCUT2D eigenvalue weighted by molar-refractivity contribution is 0.445. The van der Waals surface area contributed by atoms with E-state index in [0.717, 1.165) is 11.3 Å². The molecule has 5 nitrogen and oxygen atoms in total. The Bertz CT molecular complexity index is 604. The summed E-state index contributed by atoms with van der Waals surface area (Å²) in [5, 5.41) is 7.52. The van der Waals surface area contributed by atoms with Gasteiger partial charge < -0.3 is 5.32 Å². The van der Waals surface area contributed by atoms with E-state index in [1.807, 2.05) is 12.1 Å². The molecule has 3 rings (SSSR count). The van der Waals surface area contributed by atoms with E-state index in [-0.39, 0.29) is 5.56 Å². The predicted molar refractivity (Wildman–Crippen MR) is 73.1 cm³/mol. The number of nitrogens with one attached hydrogen (secondary N) is 1. The van der Waals surface area contributed by atoms with Crippen LogP contribution >= 0.6 is 0 Å². The van der Waals surface area contributed by atoms with Gasteiger partial charge in [-0.1, -0.05) is 6.07 Å². The average Bonchev–Trinajstić information content (AvgIpc) is 2.38. The number of nitrogens with zero attached hydrogens (tertiary/aromatic N) is 3. The first-order chi connectivity index (χ1) is 9.31. The Morgan fingerprint density at radius 2 is 2.26 bits per heavy atom. The fourth-order valence-electron chi connectivity index (χ4n) is 2.08. The van der Waals surface area contributed by atoms with Crippen LogP contribution < -0.4 is 10.9 Å². The molecule has 1 fully saturated rings. The van der Waals surface area contributed by atoms with Crippen molar-refractivity contribution in [2.24, 2.45) is 0 Å². The fourth-order valence-corrected chi connectivity index (χ4v) is 2.08. The first kappa shape index (κ1) is 11.9. The van der Waals surface area contributed by atoms with Crippen molar-refractivity contribution >= 4 is 5.69 Å². The lowest BCUT2D eigenvalue weighted by Crippen LogP contribution is -2.29. The van der Waals surface area contributed by atoms with E-state index >= 15 is 0 Å². The van der Waals surface area contributed by atoms with E-state index in [9.17, 15) is 4.79 Å². The van der Waals surface area contributed by atoms with Crippen LogP contribution in [-0.2, 0) is 6.54 Å². The fraction of sp³-hybridized carbons (Fsp3) is 0.357. The molecule has 2 heterocycles. The summed E-state index contributed by atoms with van der Waals surface area (Å²) >= 11 is 0. The Balaban J connectivity index is 1.74. The second kappa shape index (κ2) is 5.22. The van der Waals surface area contributed by atoms with Crippen molar-refractivity contribution in [1.82, 2.24) is 14.8 Å². The SMILES string of the molecule is O=c1cc(NC2CCC2)cnn1Cc1cccnc1. The van der Waals surface area contributed by atoms with Gasteiger partial charge in [-0.2, -0.15) is 5.10 Å². The van der Waals surface area contributed by atoms with Gasteiger partial charge in [0.25, 0.3) is 5.56 Å². The van der Waals surface area contributed by atoms with Crippen molar-refractivity contribution in [3.8, 4) is 0 Å². The van der Waals surface area contributed by atoms with Crippen LogP contribution in [-0.4, -0.2) is 20.8 Å². The second-order valence-electron chi connectivity index (χ2n) is 4.87. The van der Waals surface area contributed by atoms with Crippen molar-refractivity contribution in [2.75, 3.05) is 5.32 Å². The molecule has 5 heteroatoms. The van der Waals surface area contributed by atoms with Crippen molar-refractivity contribution in [1.29, 1.82) is 0 Å². The van der Waals surface area contributed by atoms with Crippen LogP contribution in [0, 0.1) is 0 Å². The highest BCUT2D eigenvalue weighted by Crippen LogP contribution is 2.21. The van der Waals surface area contributed by atoms with Gasteiger partial charge in [0.1, 0.15) is 0 Å². The molecule has 0 saturated heterocycles. The monoisotopic (exact) mass is 256 g/mol. The van der Waals surface area contributed by atoms with Crippen LogP contribution in [0.25, 0.3) is 0 Å². The molecule has 2 aromatic heterocycles. The number of rotatable bonds is 4. The van der Waals surface area contributed by atoms with Crippen LogP contribution in [0.1, 0.15) is 24.8 Å². The molecule has 0 amide bonds. The lowest BCUT2D eigenvalue weighted by atomic mass is 9.93. The Morgan fingerprint density at radius 3 is 2.89 bits per heavy atom. The summed E-state index contributed by atoms with van der Waals surface area (Å²) in [7, 11) is 0. The molecule has 1 saturated carbocycles. The number of aromatic nitrogens is 3. The highest BCUT2D eigenvalue weighted by atomic mass is 16.1. The maximum Gasteiger partial charge on any atom is 0.269 e. The largest absolute Gasteiger partial charge is 0.381 e. The number of hydrogen-bond acceptors (Lipinski definition) is 4. The zero-order valence-electron chi connectivity index (χ0n) is 10.6. The molecule has 0 spiro atoms. The molecule has 0 unspecified atom stereocenters. The summed E-state index contributed by atoms with van der Waals surface area (Å²) in [5.74, 6) is 0. The molecular weight excluding hydrogens is 240 g/mol. The zero-order chi connectivity index (χ0) is 13.1. The maximum atomic E-state index is 12.0. The minimum Gasteiger partial charge on any atom is -0.381 e. The van der Waals surface area contributed by atoms with Gasteiger partial charge in [0.05, 0.1) is 18.4 Å². The summed E-state index contributed by atoms with van der Waals surface area (Å²) in [4.78, 5) is 16.0. The summed E-state index contributed by atoms with van der Waals surface area (Å²) in [6, 6.07) is 5.91. The Morgan fingerprint density at radius 1 is 1.37 bits per heavy atom. The van der Waals surface area contributed by atoms with Gasteiger partial charge in [0, 0.05) is 24.5 Å². The summed E-state index contributed by atoms with van der Waals surface area (Å²) in [6.07, 6.45) is 8.80. The first-order valence-electron chi connectivity index (χ1n) is 6.54. The molecule has 0 aliphatic heterocycles. The average molecular weight is 256 g/mol. The first-order valence-corrected chi connectivity index (χ1v) is 6.54. The highest BCUT2D eigenvalue weighted by molar-refractivity contribution is 5.40. The molecule has 19 heavy (non-hydrogen) atoms. The van der Waals surface area contributed by atoms with Gasteiger partial charge >= 0.3 is 0 Å². The number of pyridine rings is 1. The normalized spacial score (nSPS) is 14.9. The standard InChI is InChI=1S/C14H16N4O/c19-14-7-13(17-12-4-1-5-12)9-16-18(14)10-11-3-2-6-15-8-11/h2-3,6-9,12,17H,1,4-5,10H2.